The van der Waals surface area contributed by atoms with Gasteiger partial charge in [-0.3, -0.25) is 13.9 Å². The van der Waals surface area contributed by atoms with Crippen molar-refractivity contribution in [2.24, 2.45) is 0 Å². The number of fused-ring (bicyclic) bond motifs is 1. The Bertz CT molecular complexity index is 1380. The van der Waals surface area contributed by atoms with Crippen molar-refractivity contribution in [1.82, 2.24) is 9.62 Å². The molecule has 0 aromatic heterocycles. The van der Waals surface area contributed by atoms with E-state index in [2.05, 4.69) is 5.32 Å². The molecule has 1 aliphatic heterocycles. The van der Waals surface area contributed by atoms with Gasteiger partial charge in [-0.1, -0.05) is 79.9 Å². The molecule has 0 bridgehead atoms. The van der Waals surface area contributed by atoms with Crippen molar-refractivity contribution >= 4 is 39.0 Å². The van der Waals surface area contributed by atoms with E-state index in [0.717, 1.165) is 17.1 Å². The van der Waals surface area contributed by atoms with E-state index in [1.807, 2.05) is 6.92 Å². The number of carbonyl (C=O) groups excluding carboxylic acids is 2. The number of sulfonamides is 1. The number of ketones is 1. The third-order valence-electron chi connectivity index (χ3n) is 5.77. The molecule has 180 valence electrons. The zero-order valence-electron chi connectivity index (χ0n) is 19.2. The van der Waals surface area contributed by atoms with Crippen LogP contribution in [0.1, 0.15) is 52.5 Å². The molecular formula is C27H25ClN2O4S. The van der Waals surface area contributed by atoms with Crippen LogP contribution in [0.25, 0.3) is 5.70 Å². The van der Waals surface area contributed by atoms with Crippen LogP contribution in [0, 0.1) is 0 Å². The van der Waals surface area contributed by atoms with Gasteiger partial charge in [0.05, 0.1) is 10.6 Å². The number of allylic oxidation sites excluding steroid dienone is 1. The summed E-state index contributed by atoms with van der Waals surface area (Å²) in [6, 6.07) is 21.2. The minimum atomic E-state index is -4.02. The topological polar surface area (TPSA) is 83.6 Å². The summed E-state index contributed by atoms with van der Waals surface area (Å²) in [5, 5.41) is 3.32. The van der Waals surface area contributed by atoms with Crippen molar-refractivity contribution in [2.45, 2.75) is 31.1 Å². The fourth-order valence-electron chi connectivity index (χ4n) is 3.99. The van der Waals surface area contributed by atoms with E-state index >= 15 is 0 Å². The minimum absolute atomic E-state index is 0.0486. The lowest BCUT2D eigenvalue weighted by Crippen LogP contribution is -2.41. The predicted molar refractivity (Wildman–Crippen MR) is 136 cm³/mol. The van der Waals surface area contributed by atoms with Crippen LogP contribution >= 0.6 is 11.6 Å². The first kappa shape index (κ1) is 24.7. The first-order chi connectivity index (χ1) is 16.8. The van der Waals surface area contributed by atoms with Gasteiger partial charge in [-0.15, -0.1) is 0 Å². The van der Waals surface area contributed by atoms with Crippen LogP contribution in [0.5, 0.6) is 0 Å². The Morgan fingerprint density at radius 3 is 2.20 bits per heavy atom. The van der Waals surface area contributed by atoms with Gasteiger partial charge in [-0.25, -0.2) is 8.42 Å². The molecule has 4 rings (SSSR count). The maximum Gasteiger partial charge on any atom is 0.265 e. The van der Waals surface area contributed by atoms with Gasteiger partial charge in [0.15, 0.2) is 0 Å². The number of benzene rings is 3. The molecule has 0 saturated carbocycles. The normalized spacial score (nSPS) is 14.4. The van der Waals surface area contributed by atoms with Crippen LogP contribution < -0.4 is 5.32 Å². The summed E-state index contributed by atoms with van der Waals surface area (Å²) in [6.07, 6.45) is 2.26. The summed E-state index contributed by atoms with van der Waals surface area (Å²) in [5.41, 5.74) is 1.04. The molecule has 1 aliphatic rings. The number of nitrogens with zero attached hydrogens (tertiary/aromatic N) is 1. The van der Waals surface area contributed by atoms with Gasteiger partial charge in [-0.05, 0) is 36.8 Å². The molecule has 3 aromatic carbocycles. The van der Waals surface area contributed by atoms with Crippen molar-refractivity contribution < 1.29 is 18.0 Å². The van der Waals surface area contributed by atoms with Crippen LogP contribution in [-0.2, 0) is 10.0 Å². The van der Waals surface area contributed by atoms with Crippen molar-refractivity contribution in [3.63, 3.8) is 0 Å². The lowest BCUT2D eigenvalue weighted by atomic mass is 10.0. The van der Waals surface area contributed by atoms with Crippen LogP contribution in [0.4, 0.5) is 0 Å². The summed E-state index contributed by atoms with van der Waals surface area (Å²) in [4.78, 5) is 27.0. The van der Waals surface area contributed by atoms with Crippen LogP contribution in [-0.4, -0.2) is 31.0 Å². The lowest BCUT2D eigenvalue weighted by molar-refractivity contribution is 0.0972. The van der Waals surface area contributed by atoms with Gasteiger partial charge in [0, 0.05) is 28.3 Å². The second-order valence-electron chi connectivity index (χ2n) is 8.16. The molecule has 1 heterocycles. The molecular weight excluding hydrogens is 484 g/mol. The van der Waals surface area contributed by atoms with E-state index < -0.39 is 21.7 Å². The van der Waals surface area contributed by atoms with Crippen molar-refractivity contribution in [1.29, 1.82) is 0 Å². The van der Waals surface area contributed by atoms with Crippen molar-refractivity contribution in [3.8, 4) is 0 Å². The van der Waals surface area contributed by atoms with Gasteiger partial charge in [0.2, 0.25) is 5.78 Å². The number of amides is 1. The zero-order valence-corrected chi connectivity index (χ0v) is 20.8. The summed E-state index contributed by atoms with van der Waals surface area (Å²) < 4.78 is 28.5. The number of rotatable bonds is 8. The lowest BCUT2D eigenvalue weighted by Gasteiger charge is -2.33. The van der Waals surface area contributed by atoms with Crippen molar-refractivity contribution in [2.75, 3.05) is 6.54 Å². The molecule has 0 unspecified atom stereocenters. The number of carbonyl (C=O) groups is 2. The largest absolute Gasteiger partial charge is 0.319 e. The summed E-state index contributed by atoms with van der Waals surface area (Å²) in [7, 11) is -4.02. The summed E-state index contributed by atoms with van der Waals surface area (Å²) >= 11 is 5.96. The Labute approximate surface area is 210 Å². The van der Waals surface area contributed by atoms with E-state index in [1.165, 1.54) is 6.07 Å². The third-order valence-corrected chi connectivity index (χ3v) is 7.88. The molecule has 0 spiro atoms. The Hall–Kier alpha value is -3.42. The Morgan fingerprint density at radius 2 is 1.51 bits per heavy atom. The highest BCUT2D eigenvalue weighted by Gasteiger charge is 2.40. The van der Waals surface area contributed by atoms with Gasteiger partial charge >= 0.3 is 0 Å². The predicted octanol–water partition coefficient (Wildman–Crippen LogP) is 5.52. The van der Waals surface area contributed by atoms with E-state index in [-0.39, 0.29) is 28.4 Å². The summed E-state index contributed by atoms with van der Waals surface area (Å²) in [5.74, 6) is -0.954. The maximum atomic E-state index is 13.8. The number of nitrogens with one attached hydrogen (secondary N) is 1. The van der Waals surface area contributed by atoms with E-state index in [4.69, 9.17) is 11.6 Å². The molecule has 0 fully saturated rings. The van der Waals surface area contributed by atoms with Gasteiger partial charge in [-0.2, -0.15) is 0 Å². The Balaban J connectivity index is 1.92. The van der Waals surface area contributed by atoms with Crippen LogP contribution in [0.15, 0.2) is 89.5 Å². The monoisotopic (exact) mass is 508 g/mol. The molecule has 1 amide bonds. The first-order valence-corrected chi connectivity index (χ1v) is 13.2. The fourth-order valence-corrected chi connectivity index (χ4v) is 5.84. The van der Waals surface area contributed by atoms with Gasteiger partial charge in [0.25, 0.3) is 15.9 Å². The third kappa shape index (κ3) is 5.01. The van der Waals surface area contributed by atoms with Gasteiger partial charge < -0.3 is 5.32 Å². The summed E-state index contributed by atoms with van der Waals surface area (Å²) in [6.45, 7) is 2.14. The molecule has 1 N–H and O–H groups in total. The fraction of sp³-hybridized carbons (Fsp3) is 0.185. The average molecular weight is 509 g/mol. The molecule has 6 nitrogen and oxygen atoms in total. The number of halogens is 1. The first-order valence-electron chi connectivity index (χ1n) is 11.4. The molecule has 35 heavy (non-hydrogen) atoms. The van der Waals surface area contributed by atoms with Crippen LogP contribution in [0.2, 0.25) is 5.02 Å². The Kier molecular flexibility index (Phi) is 7.38. The van der Waals surface area contributed by atoms with E-state index in [1.54, 1.807) is 72.8 Å². The molecule has 0 saturated heterocycles. The molecule has 3 aromatic rings. The highest BCUT2D eigenvalue weighted by atomic mass is 35.5. The number of hydrogen-bond acceptors (Lipinski definition) is 4. The number of unbranched alkanes of at least 4 members (excludes halogenated alkanes) is 2. The minimum Gasteiger partial charge on any atom is -0.319 e. The Morgan fingerprint density at radius 1 is 0.857 bits per heavy atom. The van der Waals surface area contributed by atoms with Crippen LogP contribution in [0.3, 0.4) is 0 Å². The molecule has 0 atom stereocenters. The highest BCUT2D eigenvalue weighted by Crippen LogP contribution is 2.37. The quantitative estimate of drug-likeness (QED) is 0.321. The number of Topliss-reactive ketones (excluding diaryl/α,β-unsaturated/α-hetero) is 1. The number of hydrogen-bond donors (Lipinski definition) is 1. The smallest absolute Gasteiger partial charge is 0.265 e. The average Bonchev–Trinajstić information content (AvgIpc) is 2.87. The van der Waals surface area contributed by atoms with E-state index in [0.29, 0.717) is 22.6 Å². The van der Waals surface area contributed by atoms with E-state index in [9.17, 15) is 18.0 Å². The van der Waals surface area contributed by atoms with Gasteiger partial charge in [0.1, 0.15) is 5.70 Å². The SMILES string of the molecule is CCCCCN1C(C(=O)c2ccccc2)=C(NC(=O)c2ccc(Cl)cc2)c2ccccc2S1(=O)=O. The highest BCUT2D eigenvalue weighted by molar-refractivity contribution is 7.89. The van der Waals surface area contributed by atoms with Crippen molar-refractivity contribution in [3.05, 3.63) is 106 Å². The second-order valence-corrected chi connectivity index (χ2v) is 10.4. The molecule has 0 radical (unpaired) electrons. The standard InChI is InChI=1S/C27H25ClN2O4S/c1-2-3-9-18-30-25(26(31)19-10-5-4-6-11-19)24(22-12-7-8-13-23(22)35(30,33)34)29-27(32)20-14-16-21(28)17-15-20/h4-8,10-17H,2-3,9,18H2,1H3,(H,29,32). The molecule has 8 heteroatoms. The molecule has 0 aliphatic carbocycles. The second kappa shape index (κ2) is 10.5. The maximum absolute atomic E-state index is 13.8. The zero-order chi connectivity index (χ0) is 25.0.